The number of carbonyl (C=O) groups is 4. The molecule has 1 saturated heterocycles. The molecule has 0 aliphatic carbocycles. The molecule has 0 radical (unpaired) electrons. The number of aryl methyl sites for hydroxylation is 1. The Morgan fingerprint density at radius 1 is 0.845 bits per heavy atom. The van der Waals surface area contributed by atoms with Gasteiger partial charge in [-0.25, -0.2) is 18.2 Å². The number of ether oxygens (including phenoxy) is 1. The molecule has 0 unspecified atom stereocenters. The van der Waals surface area contributed by atoms with Gasteiger partial charge in [0.15, 0.2) is 21.4 Å². The van der Waals surface area contributed by atoms with Crippen LogP contribution in [0.5, 0.6) is 0 Å². The van der Waals surface area contributed by atoms with Gasteiger partial charge in [0.1, 0.15) is 24.2 Å². The molecule has 6 rings (SSSR count). The molecule has 4 aromatic carbocycles. The summed E-state index contributed by atoms with van der Waals surface area (Å²) in [7, 11) is -4.06. The molecule has 3 amide bonds. The molecule has 16 heteroatoms. The van der Waals surface area contributed by atoms with Crippen LogP contribution in [-0.4, -0.2) is 84.4 Å². The van der Waals surface area contributed by atoms with Gasteiger partial charge in [-0.05, 0) is 67.5 Å². The van der Waals surface area contributed by atoms with Crippen LogP contribution in [0.1, 0.15) is 47.5 Å². The maximum atomic E-state index is 14.7. The first-order chi connectivity index (χ1) is 28.0. The molecular weight excluding hydrogens is 763 g/mol. The first-order valence-electron chi connectivity index (χ1n) is 18.9. The number of nitrogens with two attached hydrogens (primary N) is 1. The number of hydrogen-bond acceptors (Lipinski definition) is 10. The van der Waals surface area contributed by atoms with Crippen LogP contribution in [0, 0.1) is 5.41 Å². The molecule has 0 spiro atoms. The van der Waals surface area contributed by atoms with E-state index in [1.807, 2.05) is 36.4 Å². The number of likely N-dealkylation sites (tertiary alicyclic amines) is 1. The maximum absolute atomic E-state index is 14.7. The van der Waals surface area contributed by atoms with Gasteiger partial charge in [-0.3, -0.25) is 19.8 Å². The van der Waals surface area contributed by atoms with Crippen LogP contribution in [-0.2, 0) is 37.2 Å². The zero-order valence-corrected chi connectivity index (χ0v) is 32.4. The third kappa shape index (κ3) is 10.4. The van der Waals surface area contributed by atoms with Crippen LogP contribution in [0.25, 0.3) is 11.1 Å². The van der Waals surface area contributed by atoms with Crippen LogP contribution in [0.3, 0.4) is 0 Å². The largest absolute Gasteiger partial charge is 0.445 e. The quantitative estimate of drug-likeness (QED) is 0.0389. The molecule has 1 fully saturated rings. The number of ketones is 1. The highest BCUT2D eigenvalue weighted by Crippen LogP contribution is 2.30. The Kier molecular flexibility index (Phi) is 13.5. The molecule has 302 valence electrons. The second-order valence-corrected chi connectivity index (χ2v) is 16.1. The fraction of sp³-hybridized carbons (Fsp3) is 0.286. The Morgan fingerprint density at radius 3 is 2.16 bits per heavy atom. The minimum absolute atomic E-state index is 0.0266. The van der Waals surface area contributed by atoms with Gasteiger partial charge in [0.2, 0.25) is 17.6 Å². The van der Waals surface area contributed by atoms with E-state index in [1.165, 1.54) is 17.0 Å². The Hall–Kier alpha value is -6.55. The van der Waals surface area contributed by atoms with Crippen molar-refractivity contribution in [3.05, 3.63) is 132 Å². The fourth-order valence-electron chi connectivity index (χ4n) is 6.83. The number of rotatable bonds is 17. The van der Waals surface area contributed by atoms with Crippen LogP contribution >= 0.6 is 0 Å². The van der Waals surface area contributed by atoms with E-state index in [0.29, 0.717) is 17.5 Å². The molecular formula is C42H45N7O8S. The smallest absolute Gasteiger partial charge is 0.408 e. The molecule has 2 heterocycles. The van der Waals surface area contributed by atoms with Crippen molar-refractivity contribution in [3.8, 4) is 0 Å². The number of aromatic nitrogens is 1. The third-order valence-electron chi connectivity index (χ3n) is 9.85. The molecule has 58 heavy (non-hydrogen) atoms. The number of nitrogens with one attached hydrogen (secondary N) is 4. The summed E-state index contributed by atoms with van der Waals surface area (Å²) in [6.45, 7) is -0.206. The minimum atomic E-state index is -4.06. The number of carbonyl (C=O) groups excluding carboxylic acids is 4. The summed E-state index contributed by atoms with van der Waals surface area (Å²) in [5.74, 6) is -2.61. The summed E-state index contributed by atoms with van der Waals surface area (Å²) in [5, 5.41) is 14.4. The highest BCUT2D eigenvalue weighted by Gasteiger charge is 2.47. The number of Topliss-reactive ketones (excluding diaryl/α,β-unsaturated/α-hetero) is 1. The van der Waals surface area contributed by atoms with Crippen molar-refractivity contribution in [3.63, 3.8) is 0 Å². The fourth-order valence-corrected chi connectivity index (χ4v) is 8.54. The molecule has 15 nitrogen and oxygen atoms in total. The number of nitrogens with zero attached hydrogens (tertiary/aromatic N) is 2. The van der Waals surface area contributed by atoms with E-state index in [-0.39, 0.29) is 62.1 Å². The molecule has 4 atom stereocenters. The van der Waals surface area contributed by atoms with Crippen molar-refractivity contribution in [1.82, 2.24) is 25.8 Å². The SMILES string of the molecule is N=C(N)NCCC[C@H](NC(=O)[C@@H]1C[C@@H](S(=O)(=O)c2ccccc2)CN1C(=O)[C@@H](CCc1ccccc1)NC(=O)OCc1ccccc1)C(=O)c1nc2ccccc2o1. The van der Waals surface area contributed by atoms with E-state index in [0.717, 1.165) is 11.1 Å². The summed E-state index contributed by atoms with van der Waals surface area (Å²) in [6.07, 6.45) is -0.342. The molecule has 6 N–H and O–H groups in total. The van der Waals surface area contributed by atoms with Gasteiger partial charge in [-0.2, -0.15) is 0 Å². The number of hydrogen-bond donors (Lipinski definition) is 5. The van der Waals surface area contributed by atoms with Crippen molar-refractivity contribution >= 4 is 50.6 Å². The van der Waals surface area contributed by atoms with E-state index >= 15 is 0 Å². The van der Waals surface area contributed by atoms with Gasteiger partial charge < -0.3 is 35.7 Å². The second-order valence-electron chi connectivity index (χ2n) is 13.9. The number of guanidine groups is 1. The average Bonchev–Trinajstić information content (AvgIpc) is 3.90. The lowest BCUT2D eigenvalue weighted by Gasteiger charge is -2.29. The van der Waals surface area contributed by atoms with Crippen molar-refractivity contribution in [2.45, 2.75) is 67.0 Å². The van der Waals surface area contributed by atoms with Gasteiger partial charge in [-0.1, -0.05) is 91.0 Å². The van der Waals surface area contributed by atoms with Crippen molar-refractivity contribution < 1.29 is 36.7 Å². The van der Waals surface area contributed by atoms with Crippen molar-refractivity contribution in [2.75, 3.05) is 13.1 Å². The predicted octanol–water partition coefficient (Wildman–Crippen LogP) is 4.13. The summed E-state index contributed by atoms with van der Waals surface area (Å²) in [5.41, 5.74) is 7.87. The topological polar surface area (TPSA) is 227 Å². The zero-order valence-electron chi connectivity index (χ0n) is 31.6. The number of oxazole rings is 1. The number of benzene rings is 4. The Balaban J connectivity index is 1.29. The zero-order chi connectivity index (χ0) is 41.1. The van der Waals surface area contributed by atoms with Crippen molar-refractivity contribution in [2.24, 2.45) is 5.73 Å². The second kappa shape index (κ2) is 19.1. The average molecular weight is 808 g/mol. The van der Waals surface area contributed by atoms with E-state index in [9.17, 15) is 27.6 Å². The number of alkyl carbamates (subject to hydrolysis) is 1. The van der Waals surface area contributed by atoms with E-state index in [4.69, 9.17) is 20.3 Å². The van der Waals surface area contributed by atoms with Crippen LogP contribution < -0.4 is 21.7 Å². The maximum Gasteiger partial charge on any atom is 0.408 e. The van der Waals surface area contributed by atoms with Gasteiger partial charge in [0.05, 0.1) is 16.2 Å². The lowest BCUT2D eigenvalue weighted by Crippen LogP contribution is -2.55. The third-order valence-corrected chi connectivity index (χ3v) is 12.0. The van der Waals surface area contributed by atoms with Crippen molar-refractivity contribution in [1.29, 1.82) is 5.41 Å². The number of para-hydroxylation sites is 2. The monoisotopic (exact) mass is 807 g/mol. The standard InChI is InChI=1S/C42H45N7O8S/c43-41(44)45-24-12-20-33(37(50)39-47-32-19-10-11-21-36(32)57-39)46-38(51)35-25-31(58(54,55)30-17-8-3-9-18-30)26-49(35)40(52)34(23-22-28-13-4-1-5-14-28)48-42(53)56-27-29-15-6-2-7-16-29/h1-11,13-19,21,31,33-35H,12,20,22-27H2,(H,46,51)(H,48,53)(H4,43,44,45)/t31-,33+,34-,35+/m1/s1. The van der Waals surface area contributed by atoms with E-state index in [2.05, 4.69) is 20.9 Å². The number of amides is 3. The molecule has 0 bridgehead atoms. The van der Waals surface area contributed by atoms with Crippen LogP contribution in [0.2, 0.25) is 0 Å². The number of fused-ring (bicyclic) bond motifs is 1. The van der Waals surface area contributed by atoms with Gasteiger partial charge >= 0.3 is 6.09 Å². The Labute approximate surface area is 335 Å². The van der Waals surface area contributed by atoms with Crippen LogP contribution in [0.15, 0.2) is 125 Å². The molecule has 0 saturated carbocycles. The van der Waals surface area contributed by atoms with Crippen LogP contribution in [0.4, 0.5) is 4.79 Å². The first kappa shape index (κ1) is 41.1. The molecule has 1 aliphatic heterocycles. The lowest BCUT2D eigenvalue weighted by atomic mass is 10.0. The highest BCUT2D eigenvalue weighted by atomic mass is 32.2. The van der Waals surface area contributed by atoms with Gasteiger partial charge in [0.25, 0.3) is 5.89 Å². The lowest BCUT2D eigenvalue weighted by molar-refractivity contribution is -0.140. The molecule has 1 aromatic heterocycles. The predicted molar refractivity (Wildman–Crippen MR) is 215 cm³/mol. The molecule has 5 aromatic rings. The summed E-state index contributed by atoms with van der Waals surface area (Å²) >= 11 is 0. The normalized spacial score (nSPS) is 16.2. The summed E-state index contributed by atoms with van der Waals surface area (Å²) in [6, 6.07) is 29.1. The molecule has 1 aliphatic rings. The van der Waals surface area contributed by atoms with E-state index in [1.54, 1.807) is 66.7 Å². The minimum Gasteiger partial charge on any atom is -0.445 e. The van der Waals surface area contributed by atoms with Gasteiger partial charge in [0, 0.05) is 13.1 Å². The number of sulfone groups is 1. The van der Waals surface area contributed by atoms with Gasteiger partial charge in [-0.15, -0.1) is 0 Å². The summed E-state index contributed by atoms with van der Waals surface area (Å²) < 4.78 is 39.2. The summed E-state index contributed by atoms with van der Waals surface area (Å²) in [4.78, 5) is 61.7. The van der Waals surface area contributed by atoms with E-state index < -0.39 is 56.9 Å². The highest BCUT2D eigenvalue weighted by molar-refractivity contribution is 7.92. The Morgan fingerprint density at radius 2 is 1.48 bits per heavy atom. The first-order valence-corrected chi connectivity index (χ1v) is 20.4. The Bertz CT molecular complexity index is 2290.